The van der Waals surface area contributed by atoms with E-state index in [2.05, 4.69) is 15.5 Å². The number of nitriles is 1. The van der Waals surface area contributed by atoms with Crippen molar-refractivity contribution >= 4 is 11.6 Å². The zero-order valence-corrected chi connectivity index (χ0v) is 13.9. The van der Waals surface area contributed by atoms with Crippen molar-refractivity contribution < 1.29 is 31.1 Å². The average molecular weight is 392 g/mol. The highest BCUT2D eigenvalue weighted by Crippen LogP contribution is 2.40. The molecule has 1 aromatic rings. The van der Waals surface area contributed by atoms with Crippen LogP contribution in [-0.2, 0) is 11.0 Å². The summed E-state index contributed by atoms with van der Waals surface area (Å²) < 4.78 is 77.6. The molecule has 2 atom stereocenters. The Labute approximate surface area is 150 Å². The van der Waals surface area contributed by atoms with Crippen LogP contribution < -0.4 is 5.32 Å². The van der Waals surface area contributed by atoms with Crippen molar-refractivity contribution in [3.63, 3.8) is 0 Å². The SMILES string of the molecule is CCCC1(C(=O)Nc2ccc(C#N)c(C(F)(F)F)c2)CC(C(F)(F)F)N=N1. The highest BCUT2D eigenvalue weighted by atomic mass is 19.4. The molecule has 2 rings (SSSR count). The van der Waals surface area contributed by atoms with E-state index in [9.17, 15) is 31.1 Å². The lowest BCUT2D eigenvalue weighted by atomic mass is 9.87. The lowest BCUT2D eigenvalue weighted by molar-refractivity contribution is -0.148. The minimum absolute atomic E-state index is 0.0443. The van der Waals surface area contributed by atoms with Crippen LogP contribution in [0.2, 0.25) is 0 Å². The number of anilines is 1. The van der Waals surface area contributed by atoms with Crippen LogP contribution in [0.5, 0.6) is 0 Å². The molecule has 0 spiro atoms. The van der Waals surface area contributed by atoms with Crippen molar-refractivity contribution in [2.75, 3.05) is 5.32 Å². The number of hydrogen-bond acceptors (Lipinski definition) is 4. The zero-order valence-electron chi connectivity index (χ0n) is 13.9. The first-order valence-corrected chi connectivity index (χ1v) is 7.84. The molecule has 0 saturated heterocycles. The molecule has 1 heterocycles. The average Bonchev–Trinajstić information content (AvgIpc) is 3.00. The molecule has 11 heteroatoms. The number of azo groups is 1. The van der Waals surface area contributed by atoms with E-state index in [0.717, 1.165) is 12.1 Å². The van der Waals surface area contributed by atoms with Crippen molar-refractivity contribution in [2.24, 2.45) is 10.2 Å². The van der Waals surface area contributed by atoms with Gasteiger partial charge >= 0.3 is 12.4 Å². The van der Waals surface area contributed by atoms with Crippen LogP contribution in [-0.4, -0.2) is 23.7 Å². The first-order valence-electron chi connectivity index (χ1n) is 7.84. The Hall–Kier alpha value is -2.64. The van der Waals surface area contributed by atoms with Crippen molar-refractivity contribution in [3.8, 4) is 6.07 Å². The molecular weight excluding hydrogens is 378 g/mol. The van der Waals surface area contributed by atoms with Crippen LogP contribution in [0.1, 0.15) is 37.3 Å². The third-order valence-electron chi connectivity index (χ3n) is 4.09. The van der Waals surface area contributed by atoms with E-state index in [1.807, 2.05) is 0 Å². The minimum Gasteiger partial charge on any atom is -0.324 e. The zero-order chi connectivity index (χ0) is 20.5. The van der Waals surface area contributed by atoms with Gasteiger partial charge < -0.3 is 5.32 Å². The van der Waals surface area contributed by atoms with E-state index in [4.69, 9.17) is 5.26 Å². The molecule has 5 nitrogen and oxygen atoms in total. The molecule has 27 heavy (non-hydrogen) atoms. The molecule has 0 saturated carbocycles. The quantitative estimate of drug-likeness (QED) is 0.745. The molecule has 2 unspecified atom stereocenters. The van der Waals surface area contributed by atoms with Gasteiger partial charge in [-0.05, 0) is 24.6 Å². The van der Waals surface area contributed by atoms with Gasteiger partial charge in [0.1, 0.15) is 0 Å². The molecule has 0 radical (unpaired) electrons. The predicted molar refractivity (Wildman–Crippen MR) is 81.7 cm³/mol. The monoisotopic (exact) mass is 392 g/mol. The number of alkyl halides is 6. The fourth-order valence-electron chi connectivity index (χ4n) is 2.78. The van der Waals surface area contributed by atoms with Gasteiger partial charge in [0.25, 0.3) is 5.91 Å². The van der Waals surface area contributed by atoms with Gasteiger partial charge in [0.2, 0.25) is 0 Å². The molecule has 0 fully saturated rings. The third kappa shape index (κ3) is 4.37. The Kier molecular flexibility index (Phi) is 5.49. The first-order chi connectivity index (χ1) is 12.4. The number of amides is 1. The number of nitrogens with one attached hydrogen (secondary N) is 1. The smallest absolute Gasteiger partial charge is 0.324 e. The van der Waals surface area contributed by atoms with Gasteiger partial charge in [-0.3, -0.25) is 4.79 Å². The fraction of sp³-hybridized carbons (Fsp3) is 0.500. The van der Waals surface area contributed by atoms with E-state index >= 15 is 0 Å². The molecule has 1 aliphatic rings. The summed E-state index contributed by atoms with van der Waals surface area (Å²) in [5.74, 6) is -0.974. The second kappa shape index (κ2) is 7.17. The second-order valence-corrected chi connectivity index (χ2v) is 6.08. The van der Waals surface area contributed by atoms with Crippen LogP contribution in [0.3, 0.4) is 0 Å². The highest BCUT2D eigenvalue weighted by molar-refractivity contribution is 5.98. The number of rotatable bonds is 4. The van der Waals surface area contributed by atoms with Gasteiger partial charge in [-0.1, -0.05) is 13.3 Å². The van der Waals surface area contributed by atoms with Crippen molar-refractivity contribution in [1.29, 1.82) is 5.26 Å². The second-order valence-electron chi connectivity index (χ2n) is 6.08. The number of carbonyl (C=O) groups is 1. The largest absolute Gasteiger partial charge is 0.417 e. The maximum absolute atomic E-state index is 13.0. The summed E-state index contributed by atoms with van der Waals surface area (Å²) in [4.78, 5) is 12.5. The van der Waals surface area contributed by atoms with Crippen molar-refractivity contribution in [1.82, 2.24) is 0 Å². The summed E-state index contributed by atoms with van der Waals surface area (Å²) in [6, 6.07) is 1.76. The maximum atomic E-state index is 13.0. The standard InChI is InChI=1S/C16H14F6N4O/c1-2-5-14(7-12(25-26-14)16(20,21)22)13(27)24-10-4-3-9(8-23)11(6-10)15(17,18)19/h3-4,6,12H,2,5,7H2,1H3,(H,24,27). The summed E-state index contributed by atoms with van der Waals surface area (Å²) in [5, 5.41) is 17.6. The number of benzene rings is 1. The van der Waals surface area contributed by atoms with Gasteiger partial charge in [0.15, 0.2) is 11.6 Å². The van der Waals surface area contributed by atoms with Crippen LogP contribution in [0, 0.1) is 11.3 Å². The number of halogens is 6. The Bertz CT molecular complexity index is 796. The van der Waals surface area contributed by atoms with E-state index in [1.54, 1.807) is 6.92 Å². The number of hydrogen-bond donors (Lipinski definition) is 1. The van der Waals surface area contributed by atoms with Gasteiger partial charge in [-0.25, -0.2) is 0 Å². The summed E-state index contributed by atoms with van der Waals surface area (Å²) in [6.45, 7) is 1.63. The van der Waals surface area contributed by atoms with Gasteiger partial charge in [0.05, 0.1) is 17.2 Å². The van der Waals surface area contributed by atoms with Crippen LogP contribution in [0.4, 0.5) is 32.0 Å². The van der Waals surface area contributed by atoms with Crippen molar-refractivity contribution in [2.45, 2.75) is 50.1 Å². The van der Waals surface area contributed by atoms with E-state index in [0.29, 0.717) is 12.5 Å². The maximum Gasteiger partial charge on any atom is 0.417 e. The van der Waals surface area contributed by atoms with Gasteiger partial charge in [0, 0.05) is 12.1 Å². The molecule has 146 valence electrons. The normalized spacial score (nSPS) is 22.5. The molecular formula is C16H14F6N4O. The Morgan fingerprint density at radius 1 is 1.33 bits per heavy atom. The molecule has 1 N–H and O–H groups in total. The number of nitrogens with zero attached hydrogens (tertiary/aromatic N) is 3. The van der Waals surface area contributed by atoms with E-state index in [1.165, 1.54) is 6.07 Å². The molecule has 0 aromatic heterocycles. The van der Waals surface area contributed by atoms with Crippen LogP contribution in [0.25, 0.3) is 0 Å². The number of carbonyl (C=O) groups excluding carboxylic acids is 1. The predicted octanol–water partition coefficient (Wildman–Crippen LogP) is 4.84. The summed E-state index contributed by atoms with van der Waals surface area (Å²) in [7, 11) is 0. The fourth-order valence-corrected chi connectivity index (χ4v) is 2.78. The molecule has 1 aliphatic heterocycles. The summed E-state index contributed by atoms with van der Waals surface area (Å²) in [6.07, 6.45) is -9.94. The van der Waals surface area contributed by atoms with Crippen LogP contribution >= 0.6 is 0 Å². The van der Waals surface area contributed by atoms with E-state index < -0.39 is 47.4 Å². The highest BCUT2D eigenvalue weighted by Gasteiger charge is 2.53. The van der Waals surface area contributed by atoms with E-state index in [-0.39, 0.29) is 12.1 Å². The Morgan fingerprint density at radius 3 is 2.48 bits per heavy atom. The first kappa shape index (κ1) is 20.7. The van der Waals surface area contributed by atoms with Gasteiger partial charge in [-0.15, -0.1) is 0 Å². The summed E-state index contributed by atoms with van der Waals surface area (Å²) in [5.41, 5.74) is -4.00. The lowest BCUT2D eigenvalue weighted by Gasteiger charge is -2.24. The van der Waals surface area contributed by atoms with Crippen molar-refractivity contribution in [3.05, 3.63) is 29.3 Å². The summed E-state index contributed by atoms with van der Waals surface area (Å²) >= 11 is 0. The topological polar surface area (TPSA) is 77.6 Å². The van der Waals surface area contributed by atoms with Gasteiger partial charge in [-0.2, -0.15) is 41.8 Å². The Morgan fingerprint density at radius 2 is 2.00 bits per heavy atom. The Balaban J connectivity index is 2.30. The molecule has 1 amide bonds. The third-order valence-corrected chi connectivity index (χ3v) is 4.09. The molecule has 0 bridgehead atoms. The minimum atomic E-state index is -4.83. The lowest BCUT2D eigenvalue weighted by Crippen LogP contribution is -2.42. The van der Waals surface area contributed by atoms with Crippen LogP contribution in [0.15, 0.2) is 28.4 Å². The molecule has 1 aromatic carbocycles. The molecule has 0 aliphatic carbocycles.